The fourth-order valence-electron chi connectivity index (χ4n) is 3.75. The molecular weight excluding hydrogens is 397 g/mol. The average molecular weight is 419 g/mol. The van der Waals surface area contributed by atoms with Gasteiger partial charge in [-0.25, -0.2) is 4.39 Å². The van der Waals surface area contributed by atoms with E-state index in [4.69, 9.17) is 14.7 Å². The number of rotatable bonds is 7. The van der Waals surface area contributed by atoms with Gasteiger partial charge in [0.25, 0.3) is 0 Å². The van der Waals surface area contributed by atoms with E-state index in [9.17, 15) is 9.18 Å². The maximum Gasteiger partial charge on any atom is 0.244 e. The largest absolute Gasteiger partial charge is 0.467 e. The van der Waals surface area contributed by atoms with E-state index in [1.54, 1.807) is 6.08 Å². The zero-order valence-corrected chi connectivity index (χ0v) is 16.9. The fourth-order valence-corrected chi connectivity index (χ4v) is 3.75. The van der Waals surface area contributed by atoms with Gasteiger partial charge in [0, 0.05) is 47.4 Å². The van der Waals surface area contributed by atoms with Crippen molar-refractivity contribution < 1.29 is 18.7 Å². The van der Waals surface area contributed by atoms with E-state index < -0.39 is 0 Å². The van der Waals surface area contributed by atoms with Crippen LogP contribution in [0.1, 0.15) is 23.1 Å². The van der Waals surface area contributed by atoms with Crippen molar-refractivity contribution in [3.05, 3.63) is 71.2 Å². The van der Waals surface area contributed by atoms with Crippen molar-refractivity contribution in [1.29, 1.82) is 5.26 Å². The van der Waals surface area contributed by atoms with Gasteiger partial charge in [0.1, 0.15) is 11.6 Å². The summed E-state index contributed by atoms with van der Waals surface area (Å²) in [7, 11) is 0. The molecular formula is C24H22FN3O3. The molecule has 158 valence electrons. The Balaban J connectivity index is 1.40. The van der Waals surface area contributed by atoms with Crippen molar-refractivity contribution in [1.82, 2.24) is 9.88 Å². The van der Waals surface area contributed by atoms with E-state index in [0.717, 1.165) is 16.5 Å². The molecule has 4 rings (SSSR count). The van der Waals surface area contributed by atoms with Crippen LogP contribution in [0.25, 0.3) is 17.0 Å². The van der Waals surface area contributed by atoms with Gasteiger partial charge >= 0.3 is 0 Å². The van der Waals surface area contributed by atoms with Gasteiger partial charge in [0.05, 0.1) is 19.1 Å². The number of benzene rings is 2. The van der Waals surface area contributed by atoms with Crippen molar-refractivity contribution in [2.24, 2.45) is 0 Å². The normalized spacial score (nSPS) is 13.0. The van der Waals surface area contributed by atoms with Gasteiger partial charge in [-0.15, -0.1) is 0 Å². The maximum atomic E-state index is 13.8. The number of hydrogen-bond donors (Lipinski definition) is 1. The van der Waals surface area contributed by atoms with Crippen LogP contribution in [0.15, 0.2) is 48.7 Å². The van der Waals surface area contributed by atoms with E-state index in [1.807, 2.05) is 35.0 Å². The molecule has 3 aromatic rings. The molecule has 0 saturated heterocycles. The molecule has 0 saturated carbocycles. The molecule has 0 unspecified atom stereocenters. The molecule has 1 aliphatic heterocycles. The van der Waals surface area contributed by atoms with Crippen molar-refractivity contribution in [3.8, 4) is 11.8 Å². The van der Waals surface area contributed by atoms with Crippen molar-refractivity contribution >= 4 is 22.9 Å². The van der Waals surface area contributed by atoms with Gasteiger partial charge in [-0.3, -0.25) is 4.79 Å². The summed E-state index contributed by atoms with van der Waals surface area (Å²) in [4.78, 5) is 12.3. The van der Waals surface area contributed by atoms with Crippen LogP contribution in [-0.2, 0) is 29.1 Å². The van der Waals surface area contributed by atoms with Gasteiger partial charge in [0.2, 0.25) is 5.91 Å². The molecule has 1 N–H and O–H groups in total. The molecule has 2 heterocycles. The highest BCUT2D eigenvalue weighted by molar-refractivity contribution is 5.96. The predicted molar refractivity (Wildman–Crippen MR) is 115 cm³/mol. The van der Waals surface area contributed by atoms with E-state index >= 15 is 0 Å². The molecule has 0 fully saturated rings. The number of para-hydroxylation sites is 1. The second kappa shape index (κ2) is 9.45. The Bertz CT molecular complexity index is 1180. The number of nitriles is 1. The molecule has 1 aliphatic rings. The van der Waals surface area contributed by atoms with Crippen LogP contribution in [0.5, 0.6) is 5.75 Å². The zero-order chi connectivity index (χ0) is 21.6. The van der Waals surface area contributed by atoms with Crippen LogP contribution < -0.4 is 10.1 Å². The highest BCUT2D eigenvalue weighted by Crippen LogP contribution is 2.29. The third-order valence-corrected chi connectivity index (χ3v) is 5.14. The summed E-state index contributed by atoms with van der Waals surface area (Å²) in [6.07, 6.45) is 6.08. The SMILES string of the molecule is N#CCCn1cc(/C=C/C(=O)NCCc2cc(F)cc3c2OCOC3)c2ccccc21. The number of hydrogen-bond acceptors (Lipinski definition) is 4. The first-order valence-corrected chi connectivity index (χ1v) is 10.1. The monoisotopic (exact) mass is 419 g/mol. The van der Waals surface area contributed by atoms with E-state index in [2.05, 4.69) is 11.4 Å². The highest BCUT2D eigenvalue weighted by atomic mass is 19.1. The first-order chi connectivity index (χ1) is 15.2. The number of amides is 1. The minimum absolute atomic E-state index is 0.142. The average Bonchev–Trinajstić information content (AvgIpc) is 3.14. The van der Waals surface area contributed by atoms with Crippen LogP contribution in [0, 0.1) is 17.1 Å². The number of halogens is 1. The number of ether oxygens (including phenoxy) is 2. The van der Waals surface area contributed by atoms with Crippen LogP contribution in [0.3, 0.4) is 0 Å². The summed E-state index contributed by atoms with van der Waals surface area (Å²) in [5, 5.41) is 12.7. The Hall–Kier alpha value is -3.63. The molecule has 0 spiro atoms. The van der Waals surface area contributed by atoms with Gasteiger partial charge < -0.3 is 19.4 Å². The summed E-state index contributed by atoms with van der Waals surface area (Å²) in [5.74, 6) is 0.0628. The molecule has 7 heteroatoms. The number of nitrogens with one attached hydrogen (secondary N) is 1. The van der Waals surface area contributed by atoms with E-state index in [1.165, 1.54) is 18.2 Å². The first kappa shape index (κ1) is 20.6. The smallest absolute Gasteiger partial charge is 0.244 e. The molecule has 6 nitrogen and oxygen atoms in total. The minimum Gasteiger partial charge on any atom is -0.467 e. The second-order valence-corrected chi connectivity index (χ2v) is 7.24. The molecule has 1 amide bonds. The number of carbonyl (C=O) groups excluding carboxylic acids is 1. The van der Waals surface area contributed by atoms with E-state index in [0.29, 0.717) is 49.4 Å². The summed E-state index contributed by atoms with van der Waals surface area (Å²) in [5.41, 5.74) is 3.33. The van der Waals surface area contributed by atoms with Crippen LogP contribution >= 0.6 is 0 Å². The molecule has 0 atom stereocenters. The quantitative estimate of drug-likeness (QED) is 0.589. The topological polar surface area (TPSA) is 76.3 Å². The lowest BCUT2D eigenvalue weighted by Crippen LogP contribution is -2.24. The predicted octanol–water partition coefficient (Wildman–Crippen LogP) is 3.93. The van der Waals surface area contributed by atoms with Crippen molar-refractivity contribution in [2.75, 3.05) is 13.3 Å². The summed E-state index contributed by atoms with van der Waals surface area (Å²) in [6, 6.07) is 12.9. The Morgan fingerprint density at radius 1 is 1.32 bits per heavy atom. The molecule has 2 aromatic carbocycles. The van der Waals surface area contributed by atoms with Crippen LogP contribution in [0.2, 0.25) is 0 Å². The fraction of sp³-hybridized carbons (Fsp3) is 0.250. The third kappa shape index (κ3) is 4.76. The zero-order valence-electron chi connectivity index (χ0n) is 16.9. The summed E-state index contributed by atoms with van der Waals surface area (Å²) < 4.78 is 26.5. The number of carbonyl (C=O) groups is 1. The lowest BCUT2D eigenvalue weighted by atomic mass is 10.1. The second-order valence-electron chi connectivity index (χ2n) is 7.24. The van der Waals surface area contributed by atoms with Gasteiger partial charge in [-0.1, -0.05) is 18.2 Å². The molecule has 31 heavy (non-hydrogen) atoms. The summed E-state index contributed by atoms with van der Waals surface area (Å²) >= 11 is 0. The summed E-state index contributed by atoms with van der Waals surface area (Å²) in [6.45, 7) is 1.41. The number of nitrogens with zero attached hydrogens (tertiary/aromatic N) is 2. The Morgan fingerprint density at radius 3 is 3.06 bits per heavy atom. The van der Waals surface area contributed by atoms with Crippen molar-refractivity contribution in [3.63, 3.8) is 0 Å². The molecule has 1 aromatic heterocycles. The lowest BCUT2D eigenvalue weighted by Gasteiger charge is -2.20. The molecule has 0 radical (unpaired) electrons. The van der Waals surface area contributed by atoms with Crippen molar-refractivity contribution in [2.45, 2.75) is 26.0 Å². The molecule has 0 aliphatic carbocycles. The number of fused-ring (bicyclic) bond motifs is 2. The first-order valence-electron chi connectivity index (χ1n) is 10.1. The lowest BCUT2D eigenvalue weighted by molar-refractivity contribution is -0.116. The Kier molecular flexibility index (Phi) is 6.29. The maximum absolute atomic E-state index is 13.8. The van der Waals surface area contributed by atoms with E-state index in [-0.39, 0.29) is 18.5 Å². The Labute approximate surface area is 179 Å². The minimum atomic E-state index is -0.345. The van der Waals surface area contributed by atoms with Gasteiger partial charge in [0.15, 0.2) is 6.79 Å². The van der Waals surface area contributed by atoms with Crippen LogP contribution in [0.4, 0.5) is 4.39 Å². The molecule has 0 bridgehead atoms. The number of aryl methyl sites for hydroxylation is 1. The van der Waals surface area contributed by atoms with Gasteiger partial charge in [-0.05, 0) is 36.3 Å². The van der Waals surface area contributed by atoms with Gasteiger partial charge in [-0.2, -0.15) is 5.26 Å². The number of aromatic nitrogens is 1. The highest BCUT2D eigenvalue weighted by Gasteiger charge is 2.16. The Morgan fingerprint density at radius 2 is 2.19 bits per heavy atom. The third-order valence-electron chi connectivity index (χ3n) is 5.14. The standard InChI is InChI=1S/C24H22FN3O3/c25-20-12-17(24-19(13-20)15-30-16-31-24)8-10-27-23(29)7-6-18-14-28(11-3-9-26)22-5-2-1-4-21(18)22/h1-2,4-7,12-14H,3,8,10-11,15-16H2,(H,27,29)/b7-6+. The van der Waals surface area contributed by atoms with Crippen LogP contribution in [-0.4, -0.2) is 23.8 Å².